The van der Waals surface area contributed by atoms with Crippen molar-refractivity contribution in [2.75, 3.05) is 19.6 Å². The second-order valence-electron chi connectivity index (χ2n) is 5.31. The van der Waals surface area contributed by atoms with Gasteiger partial charge in [-0.05, 0) is 38.8 Å². The van der Waals surface area contributed by atoms with Gasteiger partial charge in [0.15, 0.2) is 0 Å². The summed E-state index contributed by atoms with van der Waals surface area (Å²) in [6, 6.07) is 2.21. The molecule has 2 heterocycles. The van der Waals surface area contributed by atoms with Crippen molar-refractivity contribution in [2.45, 2.75) is 26.3 Å². The number of nitrogens with one attached hydrogen (secondary N) is 1. The molecule has 1 unspecified atom stereocenters. The molecule has 19 heavy (non-hydrogen) atoms. The molecule has 1 fully saturated rings. The van der Waals surface area contributed by atoms with Crippen molar-refractivity contribution in [2.24, 2.45) is 5.92 Å². The zero-order valence-corrected chi connectivity index (χ0v) is 12.2. The molecule has 5 heteroatoms. The van der Waals surface area contributed by atoms with Crippen LogP contribution in [0.3, 0.4) is 0 Å². The molecule has 0 saturated carbocycles. The summed E-state index contributed by atoms with van der Waals surface area (Å²) in [5.41, 5.74) is 0.447. The van der Waals surface area contributed by atoms with Gasteiger partial charge in [0.2, 0.25) is 0 Å². The molecule has 1 aromatic heterocycles. The van der Waals surface area contributed by atoms with E-state index >= 15 is 0 Å². The highest BCUT2D eigenvalue weighted by molar-refractivity contribution is 6.33. The summed E-state index contributed by atoms with van der Waals surface area (Å²) < 4.78 is 0. The first kappa shape index (κ1) is 14.3. The van der Waals surface area contributed by atoms with Gasteiger partial charge in [-0.15, -0.1) is 0 Å². The van der Waals surface area contributed by atoms with Gasteiger partial charge in [0.1, 0.15) is 0 Å². The van der Waals surface area contributed by atoms with Gasteiger partial charge in [-0.2, -0.15) is 0 Å². The van der Waals surface area contributed by atoms with Gasteiger partial charge in [-0.25, -0.2) is 0 Å². The van der Waals surface area contributed by atoms with E-state index in [0.29, 0.717) is 29.1 Å². The van der Waals surface area contributed by atoms with Crippen molar-refractivity contribution in [3.8, 4) is 0 Å². The molecule has 0 radical (unpaired) electrons. The van der Waals surface area contributed by atoms with Crippen LogP contribution in [-0.4, -0.2) is 41.5 Å². The van der Waals surface area contributed by atoms with Crippen LogP contribution < -0.4 is 5.32 Å². The van der Waals surface area contributed by atoms with E-state index in [2.05, 4.69) is 29.0 Å². The lowest BCUT2D eigenvalue weighted by atomic mass is 10.1. The summed E-state index contributed by atoms with van der Waals surface area (Å²) in [4.78, 5) is 18.4. The van der Waals surface area contributed by atoms with Crippen LogP contribution in [0.5, 0.6) is 0 Å². The van der Waals surface area contributed by atoms with E-state index in [1.165, 1.54) is 6.20 Å². The third-order valence-corrected chi connectivity index (χ3v) is 3.94. The number of likely N-dealkylation sites (tertiary alicyclic amines) is 1. The van der Waals surface area contributed by atoms with Crippen LogP contribution in [0.25, 0.3) is 0 Å². The van der Waals surface area contributed by atoms with Crippen molar-refractivity contribution < 1.29 is 4.79 Å². The average molecular weight is 282 g/mol. The molecule has 0 aliphatic carbocycles. The highest BCUT2D eigenvalue weighted by Crippen LogP contribution is 2.18. The van der Waals surface area contributed by atoms with Crippen molar-refractivity contribution >= 4 is 17.5 Å². The first-order valence-corrected chi connectivity index (χ1v) is 7.07. The molecule has 0 bridgehead atoms. The zero-order valence-electron chi connectivity index (χ0n) is 11.4. The predicted octanol–water partition coefficient (Wildman–Crippen LogP) is 2.20. The summed E-state index contributed by atoms with van der Waals surface area (Å²) in [6.07, 6.45) is 4.22. The number of hydrogen-bond acceptors (Lipinski definition) is 3. The summed E-state index contributed by atoms with van der Waals surface area (Å²) in [5, 5.41) is 3.40. The third kappa shape index (κ3) is 3.67. The molecule has 1 N–H and O–H groups in total. The van der Waals surface area contributed by atoms with Gasteiger partial charge >= 0.3 is 0 Å². The number of rotatable bonds is 4. The van der Waals surface area contributed by atoms with E-state index in [1.807, 2.05) is 0 Å². The molecule has 1 saturated heterocycles. The van der Waals surface area contributed by atoms with E-state index in [9.17, 15) is 4.79 Å². The molecule has 0 spiro atoms. The Labute approximate surface area is 119 Å². The molecule has 2 rings (SSSR count). The van der Waals surface area contributed by atoms with Crippen LogP contribution in [0.2, 0.25) is 5.02 Å². The molecule has 1 aromatic rings. The quantitative estimate of drug-likeness (QED) is 0.920. The molecular formula is C14H20ClN3O. The maximum Gasteiger partial charge on any atom is 0.254 e. The van der Waals surface area contributed by atoms with E-state index in [-0.39, 0.29) is 5.91 Å². The summed E-state index contributed by atoms with van der Waals surface area (Å²) in [7, 11) is 0. The lowest BCUT2D eigenvalue weighted by molar-refractivity contribution is 0.0947. The second-order valence-corrected chi connectivity index (χ2v) is 5.72. The fraction of sp³-hybridized carbons (Fsp3) is 0.571. The lowest BCUT2D eigenvalue weighted by Crippen LogP contribution is -2.33. The minimum atomic E-state index is -0.138. The van der Waals surface area contributed by atoms with E-state index in [4.69, 9.17) is 11.6 Å². The molecule has 104 valence electrons. The van der Waals surface area contributed by atoms with Crippen LogP contribution >= 0.6 is 11.6 Å². The van der Waals surface area contributed by atoms with Gasteiger partial charge in [0, 0.05) is 31.5 Å². The fourth-order valence-electron chi connectivity index (χ4n) is 2.38. The average Bonchev–Trinajstić information content (AvgIpc) is 2.85. The number of carbonyl (C=O) groups is 1. The Kier molecular flexibility index (Phi) is 4.77. The van der Waals surface area contributed by atoms with Crippen molar-refractivity contribution in [1.29, 1.82) is 0 Å². The predicted molar refractivity (Wildman–Crippen MR) is 76.4 cm³/mol. The number of hydrogen-bond donors (Lipinski definition) is 1. The number of pyridine rings is 1. The number of nitrogens with zero attached hydrogens (tertiary/aromatic N) is 2. The summed E-state index contributed by atoms with van der Waals surface area (Å²) in [6.45, 7) is 7.28. The Hall–Kier alpha value is -1.13. The van der Waals surface area contributed by atoms with E-state index in [0.717, 1.165) is 19.5 Å². The Morgan fingerprint density at radius 2 is 2.42 bits per heavy atom. The minimum Gasteiger partial charge on any atom is -0.352 e. The fourth-order valence-corrected chi connectivity index (χ4v) is 2.57. The van der Waals surface area contributed by atoms with Crippen LogP contribution in [0.4, 0.5) is 0 Å². The van der Waals surface area contributed by atoms with Crippen molar-refractivity contribution in [3.63, 3.8) is 0 Å². The molecule has 1 amide bonds. The summed E-state index contributed by atoms with van der Waals surface area (Å²) >= 11 is 5.97. The normalized spacial score (nSPS) is 19.9. The molecule has 4 nitrogen and oxygen atoms in total. The molecule has 1 aliphatic heterocycles. The number of amides is 1. The van der Waals surface area contributed by atoms with E-state index < -0.39 is 0 Å². The largest absolute Gasteiger partial charge is 0.352 e. The van der Waals surface area contributed by atoms with E-state index in [1.54, 1.807) is 12.3 Å². The third-order valence-electron chi connectivity index (χ3n) is 3.61. The van der Waals surface area contributed by atoms with Crippen LogP contribution in [0.15, 0.2) is 18.5 Å². The SMILES string of the molecule is CC(C)N1CCC(CNC(=O)c2cnccc2Cl)C1. The molecule has 1 aliphatic rings. The minimum absolute atomic E-state index is 0.138. The van der Waals surface area contributed by atoms with Gasteiger partial charge in [0.05, 0.1) is 10.6 Å². The highest BCUT2D eigenvalue weighted by atomic mass is 35.5. The molecule has 0 aromatic carbocycles. The molecular weight excluding hydrogens is 262 g/mol. The Morgan fingerprint density at radius 1 is 1.63 bits per heavy atom. The topological polar surface area (TPSA) is 45.2 Å². The van der Waals surface area contributed by atoms with Gasteiger partial charge in [-0.3, -0.25) is 9.78 Å². The number of halogens is 1. The smallest absolute Gasteiger partial charge is 0.254 e. The highest BCUT2D eigenvalue weighted by Gasteiger charge is 2.24. The van der Waals surface area contributed by atoms with Crippen molar-refractivity contribution in [3.05, 3.63) is 29.0 Å². The zero-order chi connectivity index (χ0) is 13.8. The lowest BCUT2D eigenvalue weighted by Gasteiger charge is -2.20. The van der Waals surface area contributed by atoms with Gasteiger partial charge in [0.25, 0.3) is 5.91 Å². The maximum absolute atomic E-state index is 12.0. The van der Waals surface area contributed by atoms with Gasteiger partial charge < -0.3 is 10.2 Å². The van der Waals surface area contributed by atoms with Gasteiger partial charge in [-0.1, -0.05) is 11.6 Å². The summed E-state index contributed by atoms with van der Waals surface area (Å²) in [5.74, 6) is 0.392. The molecule has 1 atom stereocenters. The van der Waals surface area contributed by atoms with Crippen LogP contribution in [0.1, 0.15) is 30.6 Å². The van der Waals surface area contributed by atoms with Crippen LogP contribution in [-0.2, 0) is 0 Å². The van der Waals surface area contributed by atoms with Crippen LogP contribution in [0, 0.1) is 5.92 Å². The number of carbonyl (C=O) groups excluding carboxylic acids is 1. The first-order valence-electron chi connectivity index (χ1n) is 6.69. The number of aromatic nitrogens is 1. The Morgan fingerprint density at radius 3 is 3.05 bits per heavy atom. The Bertz CT molecular complexity index is 450. The maximum atomic E-state index is 12.0. The van der Waals surface area contributed by atoms with Crippen molar-refractivity contribution in [1.82, 2.24) is 15.2 Å². The standard InChI is InChI=1S/C14H20ClN3O/c1-10(2)18-6-4-11(9-18)7-17-14(19)12-8-16-5-3-13(12)15/h3,5,8,10-11H,4,6-7,9H2,1-2H3,(H,17,19). The second kappa shape index (κ2) is 6.35. The first-order chi connectivity index (χ1) is 9.08. The monoisotopic (exact) mass is 281 g/mol. The Balaban J connectivity index is 1.84.